The van der Waals surface area contributed by atoms with E-state index in [4.69, 9.17) is 5.73 Å². The molecule has 0 atom stereocenters. The lowest BCUT2D eigenvalue weighted by atomic mass is 9.94. The van der Waals surface area contributed by atoms with Gasteiger partial charge in [0.2, 0.25) is 0 Å². The number of rotatable bonds is 4. The van der Waals surface area contributed by atoms with Crippen molar-refractivity contribution in [2.75, 3.05) is 0 Å². The third-order valence-electron chi connectivity index (χ3n) is 3.80. The van der Waals surface area contributed by atoms with Gasteiger partial charge in [-0.05, 0) is 19.1 Å². The Balaban J connectivity index is 2.23. The molecule has 0 spiro atoms. The molecule has 0 aliphatic heterocycles. The van der Waals surface area contributed by atoms with Crippen LogP contribution in [0.15, 0.2) is 58.5 Å². The van der Waals surface area contributed by atoms with Crippen LogP contribution in [0, 0.1) is 6.92 Å². The number of hydrogen-bond acceptors (Lipinski definition) is 1. The molecule has 0 bridgehead atoms. The molecule has 0 unspecified atom stereocenters. The van der Waals surface area contributed by atoms with E-state index in [9.17, 15) is 30.7 Å². The van der Waals surface area contributed by atoms with E-state index in [2.05, 4.69) is 9.98 Å². The molecule has 0 heterocycles. The molecule has 0 saturated heterocycles. The number of nitrogens with two attached hydrogens (primary N) is 1. The number of nitrogens with zero attached hydrogens (tertiary/aromatic N) is 2. The number of benzene rings is 2. The minimum atomic E-state index is -6.16. The molecule has 0 amide bonds. The third-order valence-corrected chi connectivity index (χ3v) is 3.80. The molecule has 2 aromatic carbocycles. The predicted molar refractivity (Wildman–Crippen MR) is 91.4 cm³/mol. The Hall–Kier alpha value is -2.91. The molecule has 0 aliphatic carbocycles. The Morgan fingerprint density at radius 3 is 1.79 bits per heavy atom. The molecule has 0 aromatic heterocycles. The molecule has 28 heavy (non-hydrogen) atoms. The van der Waals surface area contributed by atoms with Crippen LogP contribution in [-0.2, 0) is 5.67 Å². The van der Waals surface area contributed by atoms with Crippen molar-refractivity contribution in [3.8, 4) is 0 Å². The van der Waals surface area contributed by atoms with Crippen LogP contribution in [0.25, 0.3) is 0 Å². The average Bonchev–Trinajstić information content (AvgIpc) is 2.60. The maximum absolute atomic E-state index is 13.9. The zero-order valence-corrected chi connectivity index (χ0v) is 14.3. The summed E-state index contributed by atoms with van der Waals surface area (Å²) in [6, 6.07) is 9.42. The molecule has 3 nitrogen and oxygen atoms in total. The van der Waals surface area contributed by atoms with Crippen molar-refractivity contribution in [2.45, 2.75) is 24.9 Å². The second kappa shape index (κ2) is 7.61. The Bertz CT molecular complexity index is 850. The SMILES string of the molecule is Cc1ccc(C(N)=NC=Nc2ccc(C(F)(C(F)(F)F)C(F)(F)F)cc2)cc1. The third kappa shape index (κ3) is 4.32. The number of aliphatic imine (C=N–C) groups is 2. The molecule has 0 fully saturated rings. The number of hydrogen-bond donors (Lipinski definition) is 1. The molecule has 2 rings (SSSR count). The second-order valence-corrected chi connectivity index (χ2v) is 5.83. The zero-order valence-electron chi connectivity index (χ0n) is 14.3. The van der Waals surface area contributed by atoms with E-state index in [1.807, 2.05) is 6.92 Å². The highest BCUT2D eigenvalue weighted by Crippen LogP contribution is 2.53. The Morgan fingerprint density at radius 2 is 1.32 bits per heavy atom. The molecule has 0 aliphatic rings. The summed E-state index contributed by atoms with van der Waals surface area (Å²) >= 11 is 0. The molecule has 10 heteroatoms. The smallest absolute Gasteiger partial charge is 0.383 e. The van der Waals surface area contributed by atoms with Crippen LogP contribution in [0.3, 0.4) is 0 Å². The maximum atomic E-state index is 13.9. The second-order valence-electron chi connectivity index (χ2n) is 5.83. The van der Waals surface area contributed by atoms with Gasteiger partial charge in [-0.15, -0.1) is 0 Å². The number of amidine groups is 1. The van der Waals surface area contributed by atoms with Gasteiger partial charge in [0.1, 0.15) is 12.2 Å². The van der Waals surface area contributed by atoms with Crippen LogP contribution in [0.5, 0.6) is 0 Å². The van der Waals surface area contributed by atoms with E-state index in [1.165, 1.54) is 0 Å². The highest BCUT2D eigenvalue weighted by Gasteiger charge is 2.73. The van der Waals surface area contributed by atoms with Crippen LogP contribution in [-0.4, -0.2) is 24.5 Å². The summed E-state index contributed by atoms with van der Waals surface area (Å²) in [4.78, 5) is 7.60. The largest absolute Gasteiger partial charge is 0.435 e. The predicted octanol–water partition coefficient (Wildman–Crippen LogP) is 5.35. The normalized spacial score (nSPS) is 13.9. The van der Waals surface area contributed by atoms with Crippen LogP contribution in [0.4, 0.5) is 36.4 Å². The fourth-order valence-corrected chi connectivity index (χ4v) is 2.22. The highest BCUT2D eigenvalue weighted by atomic mass is 19.4. The van der Waals surface area contributed by atoms with E-state index in [1.54, 1.807) is 24.3 Å². The summed E-state index contributed by atoms with van der Waals surface area (Å²) in [7, 11) is 0. The first-order valence-corrected chi connectivity index (χ1v) is 7.72. The van der Waals surface area contributed by atoms with Crippen molar-refractivity contribution in [1.29, 1.82) is 0 Å². The first-order chi connectivity index (χ1) is 12.9. The van der Waals surface area contributed by atoms with Crippen molar-refractivity contribution in [1.82, 2.24) is 0 Å². The van der Waals surface area contributed by atoms with Crippen LogP contribution >= 0.6 is 0 Å². The summed E-state index contributed by atoms with van der Waals surface area (Å²) in [5.41, 5.74) is 0.257. The van der Waals surface area contributed by atoms with E-state index >= 15 is 0 Å². The van der Waals surface area contributed by atoms with Gasteiger partial charge in [0.25, 0.3) is 0 Å². The maximum Gasteiger partial charge on any atom is 0.435 e. The molecule has 0 saturated carbocycles. The monoisotopic (exact) mass is 405 g/mol. The Morgan fingerprint density at radius 1 is 0.821 bits per heavy atom. The highest BCUT2D eigenvalue weighted by molar-refractivity contribution is 6.01. The Kier molecular flexibility index (Phi) is 5.81. The lowest BCUT2D eigenvalue weighted by Crippen LogP contribution is -2.50. The fraction of sp³-hybridized carbons (Fsp3) is 0.222. The van der Waals surface area contributed by atoms with Crippen LogP contribution in [0.1, 0.15) is 16.7 Å². The van der Waals surface area contributed by atoms with E-state index in [0.717, 1.165) is 24.0 Å². The van der Waals surface area contributed by atoms with E-state index < -0.39 is 23.6 Å². The minimum absolute atomic E-state index is 0.0316. The molecular weight excluding hydrogens is 391 g/mol. The average molecular weight is 405 g/mol. The summed E-state index contributed by atoms with van der Waals surface area (Å²) < 4.78 is 90.2. The first-order valence-electron chi connectivity index (χ1n) is 7.72. The molecule has 150 valence electrons. The van der Waals surface area contributed by atoms with Gasteiger partial charge in [-0.2, -0.15) is 26.3 Å². The zero-order chi connectivity index (χ0) is 21.2. The van der Waals surface area contributed by atoms with Gasteiger partial charge in [0, 0.05) is 11.1 Å². The minimum Gasteiger partial charge on any atom is -0.383 e. The lowest BCUT2D eigenvalue weighted by Gasteiger charge is -2.30. The topological polar surface area (TPSA) is 50.7 Å². The standard InChI is InChI=1S/C18H14F7N3/c1-11-2-4-12(5-3-11)15(26)28-10-27-14-8-6-13(7-9-14)16(19,17(20,21)22)18(23,24)25/h2-10H,1H3,(H2,26,27,28). The lowest BCUT2D eigenvalue weighted by molar-refractivity contribution is -0.348. The van der Waals surface area contributed by atoms with Crippen molar-refractivity contribution >= 4 is 17.9 Å². The number of alkyl halides is 7. The van der Waals surface area contributed by atoms with Crippen LogP contribution < -0.4 is 5.73 Å². The molecule has 0 radical (unpaired) electrons. The summed E-state index contributed by atoms with van der Waals surface area (Å²) in [6.45, 7) is 1.88. The number of aryl methyl sites for hydroxylation is 1. The van der Waals surface area contributed by atoms with Crippen molar-refractivity contribution in [3.63, 3.8) is 0 Å². The van der Waals surface area contributed by atoms with Gasteiger partial charge in [0.05, 0.1) is 5.69 Å². The summed E-state index contributed by atoms with van der Waals surface area (Å²) in [6.07, 6.45) is -11.3. The van der Waals surface area contributed by atoms with E-state index in [-0.39, 0.29) is 11.5 Å². The van der Waals surface area contributed by atoms with Crippen LogP contribution in [0.2, 0.25) is 0 Å². The van der Waals surface area contributed by atoms with Gasteiger partial charge >= 0.3 is 18.0 Å². The van der Waals surface area contributed by atoms with Gasteiger partial charge in [-0.3, -0.25) is 0 Å². The quantitative estimate of drug-likeness (QED) is 0.416. The fourth-order valence-electron chi connectivity index (χ4n) is 2.22. The van der Waals surface area contributed by atoms with Gasteiger partial charge < -0.3 is 5.73 Å². The Labute approximate surface area is 155 Å². The van der Waals surface area contributed by atoms with Crippen molar-refractivity contribution < 1.29 is 30.7 Å². The van der Waals surface area contributed by atoms with Gasteiger partial charge in [0.15, 0.2) is 0 Å². The van der Waals surface area contributed by atoms with Crippen molar-refractivity contribution in [2.24, 2.45) is 15.7 Å². The van der Waals surface area contributed by atoms with E-state index in [0.29, 0.717) is 17.7 Å². The van der Waals surface area contributed by atoms with Crippen molar-refractivity contribution in [3.05, 3.63) is 65.2 Å². The summed E-state index contributed by atoms with van der Waals surface area (Å²) in [5, 5.41) is 0. The molecule has 2 aromatic rings. The summed E-state index contributed by atoms with van der Waals surface area (Å²) in [5.74, 6) is 0.109. The van der Waals surface area contributed by atoms with Gasteiger partial charge in [-0.1, -0.05) is 42.0 Å². The number of halogens is 7. The van der Waals surface area contributed by atoms with Gasteiger partial charge in [-0.25, -0.2) is 14.4 Å². The molecule has 2 N–H and O–H groups in total. The molecular formula is C18H14F7N3. The first kappa shape index (κ1) is 21.4.